The minimum Gasteiger partial charge on any atom is -0.366 e. The van der Waals surface area contributed by atoms with Crippen LogP contribution in [-0.2, 0) is 12.7 Å². The van der Waals surface area contributed by atoms with Crippen molar-refractivity contribution >= 4 is 11.7 Å². The third kappa shape index (κ3) is 4.61. The van der Waals surface area contributed by atoms with Gasteiger partial charge in [-0.05, 0) is 29.8 Å². The Morgan fingerprint density at radius 3 is 2.50 bits per heavy atom. The summed E-state index contributed by atoms with van der Waals surface area (Å²) in [6, 6.07) is 10.7. The highest BCUT2D eigenvalue weighted by Crippen LogP contribution is 2.30. The lowest BCUT2D eigenvalue weighted by molar-refractivity contribution is -0.141. The largest absolute Gasteiger partial charge is 0.433 e. The van der Waals surface area contributed by atoms with Crippen molar-refractivity contribution in [2.45, 2.75) is 12.7 Å². The van der Waals surface area contributed by atoms with E-state index < -0.39 is 11.9 Å². The first-order chi connectivity index (χ1) is 13.4. The molecule has 0 aliphatic carbocycles. The fraction of sp³-hybridized carbons (Fsp3) is 0.158. The third-order valence-electron chi connectivity index (χ3n) is 3.84. The van der Waals surface area contributed by atoms with Gasteiger partial charge in [0.1, 0.15) is 5.82 Å². The van der Waals surface area contributed by atoms with Gasteiger partial charge in [0.25, 0.3) is 5.91 Å². The van der Waals surface area contributed by atoms with Crippen LogP contribution in [0.5, 0.6) is 0 Å². The molecule has 28 heavy (non-hydrogen) atoms. The van der Waals surface area contributed by atoms with E-state index >= 15 is 0 Å². The molecule has 2 N–H and O–H groups in total. The quantitative estimate of drug-likeness (QED) is 0.700. The van der Waals surface area contributed by atoms with E-state index in [2.05, 4.69) is 25.6 Å². The summed E-state index contributed by atoms with van der Waals surface area (Å²) in [5.74, 6) is -0.276. The van der Waals surface area contributed by atoms with Gasteiger partial charge < -0.3 is 10.6 Å². The zero-order valence-electron chi connectivity index (χ0n) is 14.8. The van der Waals surface area contributed by atoms with E-state index in [1.165, 1.54) is 31.6 Å². The number of hydrogen-bond acceptors (Lipinski definition) is 5. The van der Waals surface area contributed by atoms with Gasteiger partial charge in [-0.3, -0.25) is 9.78 Å². The Hall–Kier alpha value is -3.49. The molecule has 0 unspecified atom stereocenters. The number of pyridine rings is 1. The van der Waals surface area contributed by atoms with Gasteiger partial charge in [-0.1, -0.05) is 12.1 Å². The summed E-state index contributed by atoms with van der Waals surface area (Å²) in [5.41, 5.74) is 0.554. The van der Waals surface area contributed by atoms with Crippen molar-refractivity contribution in [2.24, 2.45) is 0 Å². The van der Waals surface area contributed by atoms with Crippen LogP contribution in [0.15, 0.2) is 54.9 Å². The number of nitrogens with zero attached hydrogens (tertiary/aromatic N) is 3. The molecule has 0 radical (unpaired) electrons. The second-order valence-corrected chi connectivity index (χ2v) is 5.83. The number of benzene rings is 1. The van der Waals surface area contributed by atoms with Gasteiger partial charge in [0.05, 0.1) is 0 Å². The van der Waals surface area contributed by atoms with E-state index in [4.69, 9.17) is 0 Å². The highest BCUT2D eigenvalue weighted by atomic mass is 19.4. The molecule has 1 aromatic carbocycles. The molecular formula is C19H16F3N5O. The Balaban J connectivity index is 1.88. The molecule has 0 atom stereocenters. The molecule has 0 saturated heterocycles. The van der Waals surface area contributed by atoms with Crippen molar-refractivity contribution in [1.82, 2.24) is 20.3 Å². The Morgan fingerprint density at radius 1 is 1.07 bits per heavy atom. The van der Waals surface area contributed by atoms with E-state index in [-0.39, 0.29) is 24.1 Å². The number of aromatic nitrogens is 3. The normalized spacial score (nSPS) is 11.1. The predicted octanol–water partition coefficient (Wildman–Crippen LogP) is 3.53. The summed E-state index contributed by atoms with van der Waals surface area (Å²) in [7, 11) is 1.52. The number of carbonyl (C=O) groups excluding carboxylic acids is 1. The molecule has 0 aliphatic heterocycles. The molecule has 2 heterocycles. The van der Waals surface area contributed by atoms with Crippen LogP contribution in [-0.4, -0.2) is 27.9 Å². The van der Waals surface area contributed by atoms with Crippen molar-refractivity contribution in [2.75, 3.05) is 12.4 Å². The van der Waals surface area contributed by atoms with Crippen LogP contribution in [0.4, 0.5) is 19.0 Å². The highest BCUT2D eigenvalue weighted by Gasteiger charge is 2.33. The lowest BCUT2D eigenvalue weighted by atomic mass is 10.1. The van der Waals surface area contributed by atoms with Crippen molar-refractivity contribution in [3.63, 3.8) is 0 Å². The summed E-state index contributed by atoms with van der Waals surface area (Å²) in [5, 5.41) is 5.39. The van der Waals surface area contributed by atoms with Crippen molar-refractivity contribution < 1.29 is 18.0 Å². The average Bonchev–Trinajstić information content (AvgIpc) is 2.71. The topological polar surface area (TPSA) is 79.8 Å². The minimum atomic E-state index is -4.61. The molecule has 0 spiro atoms. The third-order valence-corrected chi connectivity index (χ3v) is 3.84. The predicted molar refractivity (Wildman–Crippen MR) is 97.4 cm³/mol. The van der Waals surface area contributed by atoms with Gasteiger partial charge in [0, 0.05) is 43.2 Å². The Labute approximate surface area is 158 Å². The van der Waals surface area contributed by atoms with Crippen molar-refractivity contribution in [1.29, 1.82) is 0 Å². The molecule has 9 heteroatoms. The first kappa shape index (κ1) is 19.3. The monoisotopic (exact) mass is 387 g/mol. The minimum absolute atomic E-state index is 0.0273. The molecule has 1 amide bonds. The van der Waals surface area contributed by atoms with Crippen molar-refractivity contribution in [3.8, 4) is 11.4 Å². The number of carbonyl (C=O) groups is 1. The van der Waals surface area contributed by atoms with Crippen LogP contribution in [0.25, 0.3) is 11.4 Å². The molecular weight excluding hydrogens is 371 g/mol. The maximum atomic E-state index is 13.2. The molecule has 0 bridgehead atoms. The lowest BCUT2D eigenvalue weighted by Crippen LogP contribution is -2.18. The van der Waals surface area contributed by atoms with Crippen LogP contribution in [0.3, 0.4) is 0 Å². The average molecular weight is 387 g/mol. The van der Waals surface area contributed by atoms with Crippen LogP contribution in [0, 0.1) is 0 Å². The van der Waals surface area contributed by atoms with E-state index in [0.717, 1.165) is 11.6 Å². The maximum absolute atomic E-state index is 13.2. The van der Waals surface area contributed by atoms with Crippen LogP contribution >= 0.6 is 0 Å². The second kappa shape index (κ2) is 8.03. The summed E-state index contributed by atoms with van der Waals surface area (Å²) in [4.78, 5) is 23.4. The van der Waals surface area contributed by atoms with Gasteiger partial charge in [-0.2, -0.15) is 13.2 Å². The number of rotatable bonds is 5. The smallest absolute Gasteiger partial charge is 0.366 e. The summed E-state index contributed by atoms with van der Waals surface area (Å²) in [6.07, 6.45) is -1.70. The number of halogens is 3. The molecule has 0 saturated carbocycles. The van der Waals surface area contributed by atoms with Crippen LogP contribution in [0.1, 0.15) is 21.6 Å². The SMILES string of the molecule is CNC(=O)c1cccc(CNc2cc(C(F)(F)F)nc(-c3ccncc3)n2)c1. The zero-order chi connectivity index (χ0) is 20.1. The van der Waals surface area contributed by atoms with E-state index in [1.807, 2.05) is 0 Å². The summed E-state index contributed by atoms with van der Waals surface area (Å²) in [6.45, 7) is 0.189. The number of amides is 1. The summed E-state index contributed by atoms with van der Waals surface area (Å²) >= 11 is 0. The van der Waals surface area contributed by atoms with E-state index in [0.29, 0.717) is 11.1 Å². The van der Waals surface area contributed by atoms with Crippen LogP contribution < -0.4 is 10.6 Å². The lowest BCUT2D eigenvalue weighted by Gasteiger charge is -2.12. The maximum Gasteiger partial charge on any atom is 0.433 e. The molecule has 3 rings (SSSR count). The Bertz CT molecular complexity index is 977. The molecule has 2 aromatic heterocycles. The number of nitrogens with one attached hydrogen (secondary N) is 2. The Kier molecular flexibility index (Phi) is 5.53. The number of hydrogen-bond donors (Lipinski definition) is 2. The second-order valence-electron chi connectivity index (χ2n) is 5.83. The van der Waals surface area contributed by atoms with Gasteiger partial charge in [0.2, 0.25) is 0 Å². The molecule has 144 valence electrons. The first-order valence-electron chi connectivity index (χ1n) is 8.28. The fourth-order valence-electron chi connectivity index (χ4n) is 2.47. The molecule has 3 aromatic rings. The standard InChI is InChI=1S/C19H16F3N5O/c1-23-18(28)14-4-2-3-12(9-14)11-25-16-10-15(19(20,21)22)26-17(27-16)13-5-7-24-8-6-13/h2-10H,11H2,1H3,(H,23,28)(H,25,26,27). The molecule has 0 aliphatic rings. The van der Waals surface area contributed by atoms with Gasteiger partial charge in [-0.15, -0.1) is 0 Å². The fourth-order valence-corrected chi connectivity index (χ4v) is 2.47. The molecule has 0 fully saturated rings. The van der Waals surface area contributed by atoms with Crippen molar-refractivity contribution in [3.05, 3.63) is 71.7 Å². The number of alkyl halides is 3. The number of anilines is 1. The highest BCUT2D eigenvalue weighted by molar-refractivity contribution is 5.94. The van der Waals surface area contributed by atoms with E-state index in [1.54, 1.807) is 24.3 Å². The van der Waals surface area contributed by atoms with Crippen LogP contribution in [0.2, 0.25) is 0 Å². The van der Waals surface area contributed by atoms with Gasteiger partial charge in [0.15, 0.2) is 11.5 Å². The van der Waals surface area contributed by atoms with Gasteiger partial charge in [-0.25, -0.2) is 9.97 Å². The van der Waals surface area contributed by atoms with E-state index in [9.17, 15) is 18.0 Å². The Morgan fingerprint density at radius 2 is 1.82 bits per heavy atom. The van der Waals surface area contributed by atoms with Gasteiger partial charge >= 0.3 is 6.18 Å². The zero-order valence-corrected chi connectivity index (χ0v) is 14.8. The molecule has 6 nitrogen and oxygen atoms in total. The summed E-state index contributed by atoms with van der Waals surface area (Å²) < 4.78 is 39.7. The first-order valence-corrected chi connectivity index (χ1v) is 8.28.